The first-order valence-electron chi connectivity index (χ1n) is 17.2. The van der Waals surface area contributed by atoms with E-state index in [4.69, 9.17) is 0 Å². The highest BCUT2D eigenvalue weighted by Gasteiger charge is 2.24. The van der Waals surface area contributed by atoms with Crippen LogP contribution < -0.4 is 9.80 Å². The first kappa shape index (κ1) is 28.4. The summed E-state index contributed by atoms with van der Waals surface area (Å²) in [6.45, 7) is 0. The molecule has 0 atom stereocenters. The van der Waals surface area contributed by atoms with Crippen molar-refractivity contribution >= 4 is 88.0 Å². The van der Waals surface area contributed by atoms with Gasteiger partial charge in [0.1, 0.15) is 0 Å². The van der Waals surface area contributed by atoms with Crippen LogP contribution in [0, 0.1) is 0 Å². The molecule has 0 N–H and O–H groups in total. The Kier molecular flexibility index (Phi) is 6.53. The molecule has 10 aromatic carbocycles. The average molecular weight is 637 g/mol. The summed E-state index contributed by atoms with van der Waals surface area (Å²) in [6.07, 6.45) is 0. The van der Waals surface area contributed by atoms with Gasteiger partial charge in [-0.15, -0.1) is 0 Å². The molecule has 0 amide bonds. The van der Waals surface area contributed by atoms with Crippen molar-refractivity contribution in [3.63, 3.8) is 0 Å². The standard InChI is InChI=1S/C48H32N2/c1-3-19-37(20-4-1)49(43-26-12-16-33-14-7-9-23-39(33)43)45-31-30-36-29-28-35-18-11-25-41-46(32-42(45)48(36)47(35)41)50(38-21-5-2-6-22-38)44-27-13-17-34-15-8-10-24-40(34)44/h1-32H. The lowest BCUT2D eigenvalue weighted by molar-refractivity contribution is 1.30. The lowest BCUT2D eigenvalue weighted by Crippen LogP contribution is -2.13. The quantitative estimate of drug-likeness (QED) is 0.168. The van der Waals surface area contributed by atoms with Crippen molar-refractivity contribution < 1.29 is 0 Å². The van der Waals surface area contributed by atoms with Gasteiger partial charge < -0.3 is 9.80 Å². The molecule has 0 fully saturated rings. The van der Waals surface area contributed by atoms with Crippen molar-refractivity contribution in [2.75, 3.05) is 9.80 Å². The largest absolute Gasteiger partial charge is 0.309 e. The van der Waals surface area contributed by atoms with E-state index in [0.29, 0.717) is 0 Å². The van der Waals surface area contributed by atoms with Gasteiger partial charge in [-0.25, -0.2) is 0 Å². The molecule has 2 heteroatoms. The van der Waals surface area contributed by atoms with Crippen LogP contribution in [0.2, 0.25) is 0 Å². The number of para-hydroxylation sites is 2. The van der Waals surface area contributed by atoms with E-state index in [-0.39, 0.29) is 0 Å². The summed E-state index contributed by atoms with van der Waals surface area (Å²) in [4.78, 5) is 4.91. The first-order chi connectivity index (χ1) is 24.8. The van der Waals surface area contributed by atoms with Gasteiger partial charge in [-0.3, -0.25) is 0 Å². The van der Waals surface area contributed by atoms with E-state index in [0.717, 1.165) is 34.1 Å². The van der Waals surface area contributed by atoms with Gasteiger partial charge in [0.25, 0.3) is 0 Å². The maximum atomic E-state index is 2.46. The zero-order valence-corrected chi connectivity index (χ0v) is 27.4. The number of anilines is 6. The SMILES string of the molecule is c1ccc(N(c2cccc3ccccc23)c2cc3c(N(c4ccccc4)c4cccc5ccccc45)ccc4ccc5cccc2c5c43)cc1. The van der Waals surface area contributed by atoms with E-state index < -0.39 is 0 Å². The topological polar surface area (TPSA) is 6.48 Å². The maximum absolute atomic E-state index is 2.46. The van der Waals surface area contributed by atoms with Gasteiger partial charge in [0.2, 0.25) is 0 Å². The number of rotatable bonds is 6. The van der Waals surface area contributed by atoms with Gasteiger partial charge in [-0.05, 0) is 80.8 Å². The van der Waals surface area contributed by atoms with E-state index in [1.54, 1.807) is 0 Å². The van der Waals surface area contributed by atoms with E-state index in [9.17, 15) is 0 Å². The molecule has 0 unspecified atom stereocenters. The Morgan fingerprint density at radius 2 is 0.640 bits per heavy atom. The molecule has 0 bridgehead atoms. The van der Waals surface area contributed by atoms with Gasteiger partial charge >= 0.3 is 0 Å². The lowest BCUT2D eigenvalue weighted by Gasteiger charge is -2.31. The predicted molar refractivity (Wildman–Crippen MR) is 215 cm³/mol. The summed E-state index contributed by atoms with van der Waals surface area (Å²) >= 11 is 0. The Hall–Kier alpha value is -6.64. The summed E-state index contributed by atoms with van der Waals surface area (Å²) in [7, 11) is 0. The Balaban J connectivity index is 1.35. The molecule has 0 saturated heterocycles. The maximum Gasteiger partial charge on any atom is 0.0547 e. The smallest absolute Gasteiger partial charge is 0.0547 e. The number of benzene rings is 10. The molecule has 10 aromatic rings. The van der Waals surface area contributed by atoms with Crippen LogP contribution in [-0.4, -0.2) is 0 Å². The van der Waals surface area contributed by atoms with Crippen LogP contribution in [0.4, 0.5) is 34.1 Å². The van der Waals surface area contributed by atoms with Crippen molar-refractivity contribution in [1.29, 1.82) is 0 Å². The minimum absolute atomic E-state index is 1.12. The van der Waals surface area contributed by atoms with Gasteiger partial charge in [-0.1, -0.05) is 146 Å². The van der Waals surface area contributed by atoms with Crippen LogP contribution in [0.1, 0.15) is 0 Å². The zero-order chi connectivity index (χ0) is 33.0. The Bertz CT molecular complexity index is 2800. The summed E-state index contributed by atoms with van der Waals surface area (Å²) < 4.78 is 0. The molecular weight excluding hydrogens is 605 g/mol. The van der Waals surface area contributed by atoms with Crippen LogP contribution in [0.15, 0.2) is 194 Å². The zero-order valence-electron chi connectivity index (χ0n) is 27.4. The summed E-state index contributed by atoms with van der Waals surface area (Å²) in [6, 6.07) is 70.6. The molecule has 0 aromatic heterocycles. The van der Waals surface area contributed by atoms with Crippen LogP contribution >= 0.6 is 0 Å². The highest BCUT2D eigenvalue weighted by molar-refractivity contribution is 6.29. The minimum Gasteiger partial charge on any atom is -0.309 e. The van der Waals surface area contributed by atoms with E-state index >= 15 is 0 Å². The normalized spacial score (nSPS) is 11.6. The number of nitrogens with zero attached hydrogens (tertiary/aromatic N) is 2. The molecule has 0 aliphatic heterocycles. The molecule has 0 heterocycles. The lowest BCUT2D eigenvalue weighted by atomic mass is 9.91. The summed E-state index contributed by atoms with van der Waals surface area (Å²) in [5, 5.41) is 12.3. The molecule has 0 spiro atoms. The second-order valence-electron chi connectivity index (χ2n) is 12.9. The molecule has 234 valence electrons. The minimum atomic E-state index is 1.12. The second-order valence-corrected chi connectivity index (χ2v) is 12.9. The molecule has 0 aliphatic rings. The van der Waals surface area contributed by atoms with Crippen molar-refractivity contribution in [2.24, 2.45) is 0 Å². The highest BCUT2D eigenvalue weighted by Crippen LogP contribution is 2.50. The van der Waals surface area contributed by atoms with Crippen molar-refractivity contribution in [1.82, 2.24) is 0 Å². The third-order valence-electron chi connectivity index (χ3n) is 10.1. The predicted octanol–water partition coefficient (Wildman–Crippen LogP) is 13.8. The molecule has 0 saturated carbocycles. The molecule has 2 nitrogen and oxygen atoms in total. The monoisotopic (exact) mass is 636 g/mol. The molecule has 0 radical (unpaired) electrons. The third kappa shape index (κ3) is 4.43. The summed E-state index contributed by atoms with van der Waals surface area (Å²) in [5.74, 6) is 0. The van der Waals surface area contributed by atoms with E-state index in [2.05, 4.69) is 204 Å². The average Bonchev–Trinajstić information content (AvgIpc) is 3.19. The van der Waals surface area contributed by atoms with Crippen LogP contribution in [-0.2, 0) is 0 Å². The molecule has 0 aliphatic carbocycles. The van der Waals surface area contributed by atoms with Gasteiger partial charge in [0.05, 0.1) is 22.7 Å². The molecular formula is C48H32N2. The van der Waals surface area contributed by atoms with Gasteiger partial charge in [-0.2, -0.15) is 0 Å². The number of fused-ring (bicyclic) bond motifs is 2. The Morgan fingerprint density at radius 1 is 0.240 bits per heavy atom. The summed E-state index contributed by atoms with van der Waals surface area (Å²) in [5.41, 5.74) is 6.84. The number of hydrogen-bond acceptors (Lipinski definition) is 2. The fourth-order valence-electron chi connectivity index (χ4n) is 7.94. The van der Waals surface area contributed by atoms with E-state index in [1.807, 2.05) is 0 Å². The fraction of sp³-hybridized carbons (Fsp3) is 0. The highest BCUT2D eigenvalue weighted by atomic mass is 15.2. The van der Waals surface area contributed by atoms with Gasteiger partial charge in [0, 0.05) is 32.9 Å². The third-order valence-corrected chi connectivity index (χ3v) is 10.1. The van der Waals surface area contributed by atoms with Crippen molar-refractivity contribution in [3.8, 4) is 0 Å². The molecule has 50 heavy (non-hydrogen) atoms. The first-order valence-corrected chi connectivity index (χ1v) is 17.2. The Morgan fingerprint density at radius 3 is 1.26 bits per heavy atom. The Labute approximate surface area is 291 Å². The second kappa shape index (κ2) is 11.5. The van der Waals surface area contributed by atoms with Crippen molar-refractivity contribution in [2.45, 2.75) is 0 Å². The molecule has 10 rings (SSSR count). The van der Waals surface area contributed by atoms with Crippen LogP contribution in [0.3, 0.4) is 0 Å². The fourth-order valence-corrected chi connectivity index (χ4v) is 7.94. The van der Waals surface area contributed by atoms with Crippen LogP contribution in [0.25, 0.3) is 53.9 Å². The number of hydrogen-bond donors (Lipinski definition) is 0. The van der Waals surface area contributed by atoms with Gasteiger partial charge in [0.15, 0.2) is 0 Å². The van der Waals surface area contributed by atoms with Crippen LogP contribution in [0.5, 0.6) is 0 Å². The van der Waals surface area contributed by atoms with Crippen molar-refractivity contribution in [3.05, 3.63) is 194 Å². The van der Waals surface area contributed by atoms with E-state index in [1.165, 1.54) is 53.9 Å².